The Labute approximate surface area is 132 Å². The number of nitrogens with zero attached hydrogens (tertiary/aromatic N) is 1. The van der Waals surface area contributed by atoms with Crippen molar-refractivity contribution in [1.29, 1.82) is 0 Å². The van der Waals surface area contributed by atoms with Crippen molar-refractivity contribution in [3.05, 3.63) is 59.1 Å². The van der Waals surface area contributed by atoms with E-state index in [2.05, 4.69) is 61.3 Å². The molecule has 2 rings (SSSR count). The van der Waals surface area contributed by atoms with Crippen LogP contribution in [0.1, 0.15) is 32.4 Å². The molecular formula is C18H23ClN2. The molecule has 0 aliphatic heterocycles. The first-order chi connectivity index (χ1) is 10.2. The molecule has 2 aromatic carbocycles. The molecule has 2 nitrogen and oxygen atoms in total. The number of nitrogens with one attached hydrogen (secondary N) is 1. The maximum atomic E-state index is 6.24. The van der Waals surface area contributed by atoms with Crippen LogP contribution in [0.5, 0.6) is 0 Å². The summed E-state index contributed by atoms with van der Waals surface area (Å²) in [5, 5.41) is 4.30. The highest BCUT2D eigenvalue weighted by atomic mass is 35.5. The Morgan fingerprint density at radius 3 is 2.19 bits per heavy atom. The van der Waals surface area contributed by atoms with E-state index >= 15 is 0 Å². The maximum absolute atomic E-state index is 6.24. The molecule has 0 bridgehead atoms. The Kier molecular flexibility index (Phi) is 5.51. The molecule has 0 radical (unpaired) electrons. The predicted molar refractivity (Wildman–Crippen MR) is 93.5 cm³/mol. The second-order valence-corrected chi connectivity index (χ2v) is 5.51. The predicted octanol–water partition coefficient (Wildman–Crippen LogP) is 5.36. The molecule has 112 valence electrons. The van der Waals surface area contributed by atoms with Crippen molar-refractivity contribution in [3.63, 3.8) is 0 Å². The summed E-state index contributed by atoms with van der Waals surface area (Å²) < 4.78 is 0. The number of benzene rings is 2. The SMILES string of the molecule is CCN(CC)c1ccc(NC(C)c2ccccc2Cl)cc1. The molecule has 0 spiro atoms. The van der Waals surface area contributed by atoms with Gasteiger partial charge in [-0.2, -0.15) is 0 Å². The quantitative estimate of drug-likeness (QED) is 0.773. The van der Waals surface area contributed by atoms with Crippen molar-refractivity contribution in [3.8, 4) is 0 Å². The highest BCUT2D eigenvalue weighted by Crippen LogP contribution is 2.26. The third-order valence-electron chi connectivity index (χ3n) is 3.75. The number of hydrogen-bond acceptors (Lipinski definition) is 2. The van der Waals surface area contributed by atoms with Crippen LogP contribution < -0.4 is 10.2 Å². The van der Waals surface area contributed by atoms with Gasteiger partial charge < -0.3 is 10.2 Å². The fourth-order valence-electron chi connectivity index (χ4n) is 2.51. The number of halogens is 1. The summed E-state index contributed by atoms with van der Waals surface area (Å²) in [6.45, 7) is 8.53. The minimum absolute atomic E-state index is 0.179. The van der Waals surface area contributed by atoms with E-state index < -0.39 is 0 Å². The van der Waals surface area contributed by atoms with Crippen LogP contribution in [0.4, 0.5) is 11.4 Å². The lowest BCUT2D eigenvalue weighted by molar-refractivity contribution is 0.864. The smallest absolute Gasteiger partial charge is 0.0500 e. The molecule has 21 heavy (non-hydrogen) atoms. The molecule has 2 aromatic rings. The first-order valence-corrected chi connectivity index (χ1v) is 7.89. The van der Waals surface area contributed by atoms with E-state index in [0.717, 1.165) is 29.4 Å². The molecule has 0 fully saturated rings. The molecular weight excluding hydrogens is 280 g/mol. The minimum atomic E-state index is 0.179. The van der Waals surface area contributed by atoms with Crippen LogP contribution in [-0.2, 0) is 0 Å². The Morgan fingerprint density at radius 1 is 1.00 bits per heavy atom. The molecule has 1 atom stereocenters. The lowest BCUT2D eigenvalue weighted by Crippen LogP contribution is -2.21. The largest absolute Gasteiger partial charge is 0.378 e. The Hall–Kier alpha value is -1.67. The average molecular weight is 303 g/mol. The second-order valence-electron chi connectivity index (χ2n) is 5.11. The van der Waals surface area contributed by atoms with E-state index in [4.69, 9.17) is 11.6 Å². The van der Waals surface area contributed by atoms with Crippen LogP contribution >= 0.6 is 11.6 Å². The van der Waals surface area contributed by atoms with Gasteiger partial charge in [0.25, 0.3) is 0 Å². The van der Waals surface area contributed by atoms with Crippen molar-refractivity contribution < 1.29 is 0 Å². The first-order valence-electron chi connectivity index (χ1n) is 7.51. The molecule has 0 saturated heterocycles. The fourth-order valence-corrected chi connectivity index (χ4v) is 2.81. The molecule has 0 saturated carbocycles. The summed E-state index contributed by atoms with van der Waals surface area (Å²) in [5.74, 6) is 0. The third-order valence-corrected chi connectivity index (χ3v) is 4.10. The van der Waals surface area contributed by atoms with Crippen LogP contribution in [0.15, 0.2) is 48.5 Å². The van der Waals surface area contributed by atoms with E-state index in [0.29, 0.717) is 0 Å². The topological polar surface area (TPSA) is 15.3 Å². The van der Waals surface area contributed by atoms with Gasteiger partial charge in [-0.3, -0.25) is 0 Å². The summed E-state index contributed by atoms with van der Waals surface area (Å²) in [6, 6.07) is 16.7. The maximum Gasteiger partial charge on any atom is 0.0500 e. The molecule has 3 heteroatoms. The van der Waals surface area contributed by atoms with Gasteiger partial charge in [0.1, 0.15) is 0 Å². The van der Waals surface area contributed by atoms with E-state index in [-0.39, 0.29) is 6.04 Å². The zero-order valence-electron chi connectivity index (χ0n) is 12.9. The van der Waals surface area contributed by atoms with Gasteiger partial charge in [0.15, 0.2) is 0 Å². The number of anilines is 2. The minimum Gasteiger partial charge on any atom is -0.378 e. The molecule has 1 unspecified atom stereocenters. The Balaban J connectivity index is 2.08. The standard InChI is InChI=1S/C18H23ClN2/c1-4-21(5-2)16-12-10-15(11-13-16)20-14(3)17-8-6-7-9-18(17)19/h6-14,20H,4-5H2,1-3H3. The van der Waals surface area contributed by atoms with Gasteiger partial charge in [0, 0.05) is 35.5 Å². The van der Waals surface area contributed by atoms with Crippen LogP contribution in [0.25, 0.3) is 0 Å². The van der Waals surface area contributed by atoms with Crippen LogP contribution in [-0.4, -0.2) is 13.1 Å². The molecule has 0 aliphatic rings. The zero-order valence-corrected chi connectivity index (χ0v) is 13.7. The first kappa shape index (κ1) is 15.7. The summed E-state index contributed by atoms with van der Waals surface area (Å²) in [4.78, 5) is 2.33. The van der Waals surface area contributed by atoms with Crippen LogP contribution in [0.3, 0.4) is 0 Å². The summed E-state index contributed by atoms with van der Waals surface area (Å²) in [6.07, 6.45) is 0. The van der Waals surface area contributed by atoms with E-state index in [1.807, 2.05) is 18.2 Å². The van der Waals surface area contributed by atoms with Gasteiger partial charge in [0.05, 0.1) is 0 Å². The highest BCUT2D eigenvalue weighted by Gasteiger charge is 2.09. The highest BCUT2D eigenvalue weighted by molar-refractivity contribution is 6.31. The molecule has 0 aromatic heterocycles. The Morgan fingerprint density at radius 2 is 1.62 bits per heavy atom. The molecule has 0 heterocycles. The lowest BCUT2D eigenvalue weighted by atomic mass is 10.1. The fraction of sp³-hybridized carbons (Fsp3) is 0.333. The van der Waals surface area contributed by atoms with Crippen molar-refractivity contribution in [2.24, 2.45) is 0 Å². The second kappa shape index (κ2) is 7.37. The van der Waals surface area contributed by atoms with Gasteiger partial charge in [-0.25, -0.2) is 0 Å². The zero-order chi connectivity index (χ0) is 15.2. The normalized spacial score (nSPS) is 12.0. The van der Waals surface area contributed by atoms with Gasteiger partial charge >= 0.3 is 0 Å². The van der Waals surface area contributed by atoms with E-state index in [9.17, 15) is 0 Å². The Bertz CT molecular complexity index is 562. The van der Waals surface area contributed by atoms with Crippen molar-refractivity contribution in [2.45, 2.75) is 26.8 Å². The van der Waals surface area contributed by atoms with Crippen molar-refractivity contribution >= 4 is 23.0 Å². The van der Waals surface area contributed by atoms with Gasteiger partial charge in [0.2, 0.25) is 0 Å². The third kappa shape index (κ3) is 3.92. The monoisotopic (exact) mass is 302 g/mol. The number of hydrogen-bond donors (Lipinski definition) is 1. The van der Waals surface area contributed by atoms with E-state index in [1.165, 1.54) is 5.69 Å². The average Bonchev–Trinajstić information content (AvgIpc) is 2.50. The summed E-state index contributed by atoms with van der Waals surface area (Å²) in [5.41, 5.74) is 3.49. The van der Waals surface area contributed by atoms with Crippen LogP contribution in [0, 0.1) is 0 Å². The summed E-state index contributed by atoms with van der Waals surface area (Å²) in [7, 11) is 0. The lowest BCUT2D eigenvalue weighted by Gasteiger charge is -2.22. The van der Waals surface area contributed by atoms with Gasteiger partial charge in [-0.15, -0.1) is 0 Å². The van der Waals surface area contributed by atoms with Crippen molar-refractivity contribution in [2.75, 3.05) is 23.3 Å². The molecule has 1 N–H and O–H groups in total. The van der Waals surface area contributed by atoms with E-state index in [1.54, 1.807) is 0 Å². The van der Waals surface area contributed by atoms with Gasteiger partial charge in [-0.05, 0) is 56.7 Å². The molecule has 0 aliphatic carbocycles. The number of rotatable bonds is 6. The van der Waals surface area contributed by atoms with Crippen LogP contribution in [0.2, 0.25) is 5.02 Å². The van der Waals surface area contributed by atoms with Crippen molar-refractivity contribution in [1.82, 2.24) is 0 Å². The summed E-state index contributed by atoms with van der Waals surface area (Å²) >= 11 is 6.24. The molecule has 0 amide bonds. The van der Waals surface area contributed by atoms with Gasteiger partial charge in [-0.1, -0.05) is 29.8 Å².